The van der Waals surface area contributed by atoms with Crippen LogP contribution in [0.5, 0.6) is 0 Å². The number of benzene rings is 1. The number of nitrogens with zero attached hydrogens (tertiary/aromatic N) is 6. The highest BCUT2D eigenvalue weighted by atomic mass is 16.5. The highest BCUT2D eigenvalue weighted by Gasteiger charge is 2.25. The lowest BCUT2D eigenvalue weighted by atomic mass is 10.1. The lowest BCUT2D eigenvalue weighted by molar-refractivity contribution is 0.174. The van der Waals surface area contributed by atoms with Gasteiger partial charge in [-0.25, -0.2) is 4.98 Å². The van der Waals surface area contributed by atoms with Crippen molar-refractivity contribution in [2.24, 2.45) is 7.05 Å². The van der Waals surface area contributed by atoms with Crippen LogP contribution in [0.1, 0.15) is 28.5 Å². The van der Waals surface area contributed by atoms with Gasteiger partial charge in [0, 0.05) is 25.9 Å². The SMILES string of the molecule is COCc1nnc2n1Cc1c(C#Cc3cccn3C)ncn1-c1ccc(C)cc1-2. The molecule has 7 heteroatoms. The second-order valence-corrected chi connectivity index (χ2v) is 7.14. The fraction of sp³-hybridized carbons (Fsp3) is 0.227. The number of fused-ring (bicyclic) bond motifs is 5. The Morgan fingerprint density at radius 1 is 1.17 bits per heavy atom. The Hall–Kier alpha value is -3.63. The van der Waals surface area contributed by atoms with Gasteiger partial charge in [-0.3, -0.25) is 4.57 Å². The Kier molecular flexibility index (Phi) is 4.07. The molecule has 0 bridgehead atoms. The molecule has 7 nitrogen and oxygen atoms in total. The van der Waals surface area contributed by atoms with Crippen LogP contribution in [0, 0.1) is 18.8 Å². The zero-order valence-corrected chi connectivity index (χ0v) is 16.5. The quantitative estimate of drug-likeness (QED) is 0.439. The molecule has 29 heavy (non-hydrogen) atoms. The zero-order chi connectivity index (χ0) is 20.0. The summed E-state index contributed by atoms with van der Waals surface area (Å²) in [4.78, 5) is 4.62. The predicted molar refractivity (Wildman–Crippen MR) is 109 cm³/mol. The summed E-state index contributed by atoms with van der Waals surface area (Å²) in [6.07, 6.45) is 3.82. The Bertz CT molecular complexity index is 1280. The molecule has 0 fully saturated rings. The summed E-state index contributed by atoms with van der Waals surface area (Å²) < 4.78 is 11.5. The number of rotatable bonds is 2. The average molecular weight is 384 g/mol. The number of aromatic nitrogens is 6. The third-order valence-electron chi connectivity index (χ3n) is 5.18. The number of hydrogen-bond acceptors (Lipinski definition) is 4. The van der Waals surface area contributed by atoms with Gasteiger partial charge >= 0.3 is 0 Å². The van der Waals surface area contributed by atoms with E-state index in [1.807, 2.05) is 36.3 Å². The van der Waals surface area contributed by atoms with Gasteiger partial charge in [0.1, 0.15) is 18.6 Å². The summed E-state index contributed by atoms with van der Waals surface area (Å²) >= 11 is 0. The molecule has 5 rings (SSSR count). The molecular weight excluding hydrogens is 364 g/mol. The normalized spacial score (nSPS) is 11.8. The van der Waals surface area contributed by atoms with Crippen molar-refractivity contribution in [3.8, 4) is 28.9 Å². The van der Waals surface area contributed by atoms with Crippen LogP contribution < -0.4 is 0 Å². The molecule has 1 aromatic carbocycles. The van der Waals surface area contributed by atoms with Crippen molar-refractivity contribution in [1.29, 1.82) is 0 Å². The molecule has 4 aromatic rings. The maximum Gasteiger partial charge on any atom is 0.166 e. The Labute approximate surface area is 168 Å². The summed E-state index contributed by atoms with van der Waals surface area (Å²) in [5, 5.41) is 8.83. The molecule has 0 saturated heterocycles. The zero-order valence-electron chi connectivity index (χ0n) is 16.5. The molecule has 0 saturated carbocycles. The molecule has 0 amide bonds. The van der Waals surface area contributed by atoms with E-state index in [4.69, 9.17) is 4.74 Å². The van der Waals surface area contributed by atoms with E-state index >= 15 is 0 Å². The monoisotopic (exact) mass is 384 g/mol. The second kappa shape index (κ2) is 6.76. The van der Waals surface area contributed by atoms with Crippen LogP contribution in [0.4, 0.5) is 0 Å². The largest absolute Gasteiger partial charge is 0.377 e. The van der Waals surface area contributed by atoms with Crippen LogP contribution in [0.2, 0.25) is 0 Å². The molecule has 0 radical (unpaired) electrons. The van der Waals surface area contributed by atoms with Gasteiger partial charge < -0.3 is 13.9 Å². The molecule has 1 aliphatic rings. The maximum atomic E-state index is 5.34. The number of aryl methyl sites for hydroxylation is 2. The van der Waals surface area contributed by atoms with E-state index in [2.05, 4.69) is 61.3 Å². The third kappa shape index (κ3) is 2.85. The summed E-state index contributed by atoms with van der Waals surface area (Å²) in [6.45, 7) is 3.05. The average Bonchev–Trinajstić information content (AvgIpc) is 3.39. The van der Waals surface area contributed by atoms with Crippen LogP contribution >= 0.6 is 0 Å². The third-order valence-corrected chi connectivity index (χ3v) is 5.18. The molecule has 4 heterocycles. The second-order valence-electron chi connectivity index (χ2n) is 7.14. The van der Waals surface area contributed by atoms with E-state index in [1.54, 1.807) is 7.11 Å². The number of hydrogen-bond donors (Lipinski definition) is 0. The fourth-order valence-corrected chi connectivity index (χ4v) is 3.68. The summed E-state index contributed by atoms with van der Waals surface area (Å²) in [6, 6.07) is 10.3. The number of methoxy groups -OCH3 is 1. The standard InChI is InChI=1S/C22H20N6O/c1-15-6-9-19-17(11-15)22-25-24-21(13-29-3)27(22)12-20-18(23-14-28(19)20)8-7-16-5-4-10-26(16)2/h4-6,9-11,14H,12-13H2,1-3H3. The molecule has 0 spiro atoms. The molecule has 0 N–H and O–H groups in total. The Morgan fingerprint density at radius 2 is 2.07 bits per heavy atom. The van der Waals surface area contributed by atoms with Gasteiger partial charge in [0.05, 0.1) is 23.6 Å². The van der Waals surface area contributed by atoms with Crippen molar-refractivity contribution in [2.45, 2.75) is 20.1 Å². The Balaban J connectivity index is 1.71. The fourth-order valence-electron chi connectivity index (χ4n) is 3.68. The summed E-state index contributed by atoms with van der Waals surface area (Å²) in [5.74, 6) is 8.10. The maximum absolute atomic E-state index is 5.34. The van der Waals surface area contributed by atoms with Gasteiger partial charge in [-0.15, -0.1) is 10.2 Å². The minimum Gasteiger partial charge on any atom is -0.377 e. The molecular formula is C22H20N6O. The Morgan fingerprint density at radius 3 is 2.86 bits per heavy atom. The van der Waals surface area contributed by atoms with Crippen molar-refractivity contribution >= 4 is 0 Å². The summed E-state index contributed by atoms with van der Waals surface area (Å²) in [7, 11) is 3.65. The van der Waals surface area contributed by atoms with E-state index in [-0.39, 0.29) is 0 Å². The molecule has 1 aliphatic heterocycles. The number of imidazole rings is 1. The lowest BCUT2D eigenvalue weighted by Gasteiger charge is -2.08. The van der Waals surface area contributed by atoms with Crippen LogP contribution in [0.3, 0.4) is 0 Å². The van der Waals surface area contributed by atoms with Gasteiger partial charge in [0.2, 0.25) is 0 Å². The van der Waals surface area contributed by atoms with Crippen LogP contribution in [0.25, 0.3) is 17.1 Å². The van der Waals surface area contributed by atoms with Gasteiger partial charge in [-0.05, 0) is 43.0 Å². The molecule has 0 aliphatic carbocycles. The first kappa shape index (κ1) is 17.5. The van der Waals surface area contributed by atoms with Crippen molar-refractivity contribution in [1.82, 2.24) is 28.9 Å². The molecule has 0 atom stereocenters. The van der Waals surface area contributed by atoms with Gasteiger partial charge in [0.25, 0.3) is 0 Å². The van der Waals surface area contributed by atoms with Crippen molar-refractivity contribution in [3.63, 3.8) is 0 Å². The van der Waals surface area contributed by atoms with Gasteiger partial charge in [-0.2, -0.15) is 0 Å². The van der Waals surface area contributed by atoms with E-state index in [0.29, 0.717) is 13.2 Å². The molecule has 3 aromatic heterocycles. The first-order valence-corrected chi connectivity index (χ1v) is 9.37. The predicted octanol–water partition coefficient (Wildman–Crippen LogP) is 2.69. The van der Waals surface area contributed by atoms with E-state index in [1.165, 1.54) is 5.56 Å². The van der Waals surface area contributed by atoms with Crippen LogP contribution in [-0.2, 0) is 24.9 Å². The van der Waals surface area contributed by atoms with Crippen LogP contribution in [-0.4, -0.2) is 36.0 Å². The van der Waals surface area contributed by atoms with Gasteiger partial charge in [-0.1, -0.05) is 11.6 Å². The van der Waals surface area contributed by atoms with Crippen molar-refractivity contribution < 1.29 is 4.74 Å². The van der Waals surface area contributed by atoms with E-state index < -0.39 is 0 Å². The highest BCUT2D eigenvalue weighted by Crippen LogP contribution is 2.33. The molecule has 144 valence electrons. The lowest BCUT2D eigenvalue weighted by Crippen LogP contribution is -2.09. The van der Waals surface area contributed by atoms with Gasteiger partial charge in [0.15, 0.2) is 11.6 Å². The summed E-state index contributed by atoms with van der Waals surface area (Å²) in [5.41, 5.74) is 5.92. The molecule has 0 unspecified atom stereocenters. The smallest absolute Gasteiger partial charge is 0.166 e. The first-order chi connectivity index (χ1) is 14.2. The minimum atomic E-state index is 0.395. The highest BCUT2D eigenvalue weighted by molar-refractivity contribution is 5.70. The number of ether oxygens (including phenoxy) is 1. The van der Waals surface area contributed by atoms with E-state index in [0.717, 1.165) is 40.0 Å². The topological polar surface area (TPSA) is 62.7 Å². The van der Waals surface area contributed by atoms with Crippen molar-refractivity contribution in [3.05, 3.63) is 71.3 Å². The minimum absolute atomic E-state index is 0.395. The first-order valence-electron chi connectivity index (χ1n) is 9.37. The van der Waals surface area contributed by atoms with Crippen molar-refractivity contribution in [2.75, 3.05) is 7.11 Å². The van der Waals surface area contributed by atoms with E-state index in [9.17, 15) is 0 Å². The van der Waals surface area contributed by atoms with Crippen LogP contribution in [0.15, 0.2) is 42.9 Å².